The van der Waals surface area contributed by atoms with Gasteiger partial charge < -0.3 is 5.32 Å². The Bertz CT molecular complexity index is 867. The van der Waals surface area contributed by atoms with Crippen molar-refractivity contribution >= 4 is 25.4 Å². The zero-order chi connectivity index (χ0) is 19.8. The van der Waals surface area contributed by atoms with E-state index >= 15 is 0 Å². The highest BCUT2D eigenvalue weighted by molar-refractivity contribution is 7.91. The van der Waals surface area contributed by atoms with E-state index in [1.54, 1.807) is 0 Å². The number of halogens is 3. The molecule has 2 rings (SSSR count). The summed E-state index contributed by atoms with van der Waals surface area (Å²) in [6, 6.07) is 3.33. The van der Waals surface area contributed by atoms with Gasteiger partial charge in [0.05, 0.1) is 22.0 Å². The summed E-state index contributed by atoms with van der Waals surface area (Å²) >= 11 is 0. The van der Waals surface area contributed by atoms with Crippen LogP contribution in [0, 0.1) is 0 Å². The number of nitrogens with zero attached hydrogens (tertiary/aromatic N) is 1. The number of hydrogen-bond acceptors (Lipinski definition) is 6. The summed E-state index contributed by atoms with van der Waals surface area (Å²) in [6.45, 7) is -0.572. The van der Waals surface area contributed by atoms with E-state index < -0.39 is 32.4 Å². The van der Waals surface area contributed by atoms with E-state index in [0.717, 1.165) is 18.6 Å². The van der Waals surface area contributed by atoms with Gasteiger partial charge in [0.15, 0.2) is 19.7 Å². The van der Waals surface area contributed by atoms with Crippen LogP contribution in [0.4, 0.5) is 18.9 Å². The minimum atomic E-state index is -4.29. The molecule has 6 nitrogen and oxygen atoms in total. The number of rotatable bonds is 5. The maximum atomic E-state index is 12.6. The first-order chi connectivity index (χ1) is 11.8. The fraction of sp³-hybridized carbons (Fsp3) is 0.600. The predicted molar refractivity (Wildman–Crippen MR) is 91.8 cm³/mol. The molecule has 1 aromatic rings. The number of benzene rings is 1. The molecule has 1 aromatic carbocycles. The third-order valence-corrected chi connectivity index (χ3v) is 6.30. The molecule has 0 saturated carbocycles. The number of likely N-dealkylation sites (tertiary alicyclic amines) is 1. The second-order valence-electron chi connectivity index (χ2n) is 6.54. The Kier molecular flexibility index (Phi) is 5.93. The summed E-state index contributed by atoms with van der Waals surface area (Å²) in [5, 5.41) is 2.97. The molecule has 1 N–H and O–H groups in total. The molecular weight excluding hydrogens is 393 g/mol. The first-order valence-electron chi connectivity index (χ1n) is 7.85. The minimum absolute atomic E-state index is 0.122. The molecule has 0 aliphatic carbocycles. The van der Waals surface area contributed by atoms with Gasteiger partial charge in [0.1, 0.15) is 0 Å². The van der Waals surface area contributed by atoms with Gasteiger partial charge in [0.2, 0.25) is 0 Å². The Morgan fingerprint density at radius 3 is 2.35 bits per heavy atom. The van der Waals surface area contributed by atoms with Crippen molar-refractivity contribution in [1.29, 1.82) is 0 Å². The quantitative estimate of drug-likeness (QED) is 0.793. The van der Waals surface area contributed by atoms with E-state index in [1.807, 2.05) is 0 Å². The highest BCUT2D eigenvalue weighted by atomic mass is 32.2. The first-order valence-corrected chi connectivity index (χ1v) is 11.6. The zero-order valence-electron chi connectivity index (χ0n) is 14.4. The van der Waals surface area contributed by atoms with E-state index in [-0.39, 0.29) is 28.1 Å². The Morgan fingerprint density at radius 1 is 1.15 bits per heavy atom. The van der Waals surface area contributed by atoms with Crippen molar-refractivity contribution in [2.24, 2.45) is 0 Å². The van der Waals surface area contributed by atoms with Crippen molar-refractivity contribution in [3.63, 3.8) is 0 Å². The van der Waals surface area contributed by atoms with Crippen molar-refractivity contribution in [2.45, 2.75) is 34.9 Å². The summed E-state index contributed by atoms with van der Waals surface area (Å²) in [5.74, 6) is 0. The topological polar surface area (TPSA) is 83.6 Å². The summed E-state index contributed by atoms with van der Waals surface area (Å²) in [7, 11) is -7.32. The van der Waals surface area contributed by atoms with Crippen molar-refractivity contribution in [1.82, 2.24) is 4.90 Å². The van der Waals surface area contributed by atoms with Crippen molar-refractivity contribution in [3.8, 4) is 0 Å². The molecule has 0 unspecified atom stereocenters. The van der Waals surface area contributed by atoms with Crippen LogP contribution in [0.5, 0.6) is 0 Å². The van der Waals surface area contributed by atoms with Gasteiger partial charge in [-0.25, -0.2) is 16.8 Å². The Hall–Kier alpha value is -1.33. The van der Waals surface area contributed by atoms with Crippen molar-refractivity contribution in [3.05, 3.63) is 18.2 Å². The average Bonchev–Trinajstić information content (AvgIpc) is 2.43. The van der Waals surface area contributed by atoms with Gasteiger partial charge in [-0.2, -0.15) is 13.2 Å². The largest absolute Gasteiger partial charge is 0.401 e. The monoisotopic (exact) mass is 414 g/mol. The standard InChI is InChI=1S/C15H21F3N2O4S2/c1-25(21,22)12-5-6-13(14(8-12)26(2,23)24)19-11-4-3-7-20(9-11)10-15(16,17)18/h5-6,8,11,19H,3-4,7,9-10H2,1-2H3/t11-/m1/s1. The number of nitrogens with one attached hydrogen (secondary N) is 1. The van der Waals surface area contributed by atoms with Crippen LogP contribution in [0.15, 0.2) is 28.0 Å². The maximum absolute atomic E-state index is 12.6. The third kappa shape index (κ3) is 5.85. The minimum Gasteiger partial charge on any atom is -0.380 e. The molecule has 0 radical (unpaired) electrons. The normalized spacial score (nSPS) is 20.1. The van der Waals surface area contributed by atoms with Crippen LogP contribution in [0.3, 0.4) is 0 Å². The van der Waals surface area contributed by atoms with Gasteiger partial charge in [-0.3, -0.25) is 4.90 Å². The van der Waals surface area contributed by atoms with Gasteiger partial charge in [-0.15, -0.1) is 0 Å². The SMILES string of the molecule is CS(=O)(=O)c1ccc(N[C@@H]2CCCN(CC(F)(F)F)C2)c(S(C)(=O)=O)c1. The molecule has 1 fully saturated rings. The molecule has 148 valence electrons. The predicted octanol–water partition coefficient (Wildman–Crippen LogP) is 1.93. The van der Waals surface area contributed by atoms with Gasteiger partial charge in [-0.1, -0.05) is 0 Å². The Balaban J connectivity index is 2.26. The van der Waals surface area contributed by atoms with Crippen molar-refractivity contribution in [2.75, 3.05) is 37.5 Å². The third-order valence-electron chi connectivity index (χ3n) is 4.05. The fourth-order valence-electron chi connectivity index (χ4n) is 2.95. The summed E-state index contributed by atoms with van der Waals surface area (Å²) < 4.78 is 85.1. The molecule has 1 heterocycles. The van der Waals surface area contributed by atoms with E-state index in [0.29, 0.717) is 19.4 Å². The molecule has 0 amide bonds. The Labute approximate surface area is 151 Å². The summed E-state index contributed by atoms with van der Waals surface area (Å²) in [4.78, 5) is 0.950. The number of anilines is 1. The van der Waals surface area contributed by atoms with E-state index in [4.69, 9.17) is 0 Å². The second-order valence-corrected chi connectivity index (χ2v) is 10.5. The average molecular weight is 414 g/mol. The fourth-order valence-corrected chi connectivity index (χ4v) is 4.54. The lowest BCUT2D eigenvalue weighted by Gasteiger charge is -2.34. The molecule has 1 aliphatic rings. The van der Waals surface area contributed by atoms with Gasteiger partial charge in [0.25, 0.3) is 0 Å². The van der Waals surface area contributed by atoms with Crippen LogP contribution in [0.25, 0.3) is 0 Å². The molecule has 26 heavy (non-hydrogen) atoms. The first kappa shape index (κ1) is 21.0. The van der Waals surface area contributed by atoms with E-state index in [9.17, 15) is 30.0 Å². The second kappa shape index (κ2) is 7.35. The van der Waals surface area contributed by atoms with Crippen LogP contribution >= 0.6 is 0 Å². The van der Waals surface area contributed by atoms with E-state index in [1.165, 1.54) is 17.0 Å². The van der Waals surface area contributed by atoms with Gasteiger partial charge >= 0.3 is 6.18 Å². The van der Waals surface area contributed by atoms with Crippen LogP contribution in [0.2, 0.25) is 0 Å². The molecule has 1 saturated heterocycles. The molecule has 1 aliphatic heterocycles. The Morgan fingerprint density at radius 2 is 1.81 bits per heavy atom. The lowest BCUT2D eigenvalue weighted by atomic mass is 10.1. The molecule has 0 bridgehead atoms. The summed E-state index contributed by atoms with van der Waals surface area (Å²) in [5.41, 5.74) is 0.193. The molecule has 0 aromatic heterocycles. The van der Waals surface area contributed by atoms with Crippen LogP contribution < -0.4 is 5.32 Å². The summed E-state index contributed by atoms with van der Waals surface area (Å²) in [6.07, 6.45) is -1.24. The zero-order valence-corrected chi connectivity index (χ0v) is 16.0. The van der Waals surface area contributed by atoms with Crippen LogP contribution in [-0.2, 0) is 19.7 Å². The lowest BCUT2D eigenvalue weighted by Crippen LogP contribution is -2.45. The molecule has 0 spiro atoms. The molecule has 1 atom stereocenters. The van der Waals surface area contributed by atoms with E-state index in [2.05, 4.69) is 5.32 Å². The highest BCUT2D eigenvalue weighted by Gasteiger charge is 2.33. The molecular formula is C15H21F3N2O4S2. The van der Waals surface area contributed by atoms with Crippen LogP contribution in [-0.4, -0.2) is 66.1 Å². The van der Waals surface area contributed by atoms with Crippen molar-refractivity contribution < 1.29 is 30.0 Å². The molecule has 11 heteroatoms. The van der Waals surface area contributed by atoms with Gasteiger partial charge in [0, 0.05) is 25.1 Å². The number of sulfone groups is 2. The maximum Gasteiger partial charge on any atom is 0.401 e. The number of piperidine rings is 1. The van der Waals surface area contributed by atoms with Crippen LogP contribution in [0.1, 0.15) is 12.8 Å². The smallest absolute Gasteiger partial charge is 0.380 e. The number of hydrogen-bond donors (Lipinski definition) is 1. The van der Waals surface area contributed by atoms with Gasteiger partial charge in [-0.05, 0) is 37.6 Å². The highest BCUT2D eigenvalue weighted by Crippen LogP contribution is 2.28. The number of alkyl halides is 3. The lowest BCUT2D eigenvalue weighted by molar-refractivity contribution is -0.147.